The largest absolute Gasteiger partial charge is 0.461 e. The van der Waals surface area contributed by atoms with Gasteiger partial charge in [-0.3, -0.25) is 0 Å². The molecule has 1 aromatic rings. The van der Waals surface area contributed by atoms with Crippen LogP contribution in [0.25, 0.3) is 0 Å². The first-order valence-corrected chi connectivity index (χ1v) is 12.8. The van der Waals surface area contributed by atoms with Crippen LogP contribution in [0.3, 0.4) is 0 Å². The van der Waals surface area contributed by atoms with Gasteiger partial charge in [-0.15, -0.1) is 0 Å². The predicted octanol–water partition coefficient (Wildman–Crippen LogP) is 9.36. The third kappa shape index (κ3) is 7.38. The lowest BCUT2D eigenvalue weighted by atomic mass is 9.68. The maximum absolute atomic E-state index is 13.1. The second-order valence-electron chi connectivity index (χ2n) is 10.1. The smallest absolute Gasteiger partial charge is 0.428 e. The molecule has 2 aliphatic carbocycles. The quantitative estimate of drug-likeness (QED) is 0.238. The molecule has 0 unspecified atom stereocenters. The summed E-state index contributed by atoms with van der Waals surface area (Å²) >= 11 is 0. The molecule has 2 aliphatic rings. The fourth-order valence-corrected chi connectivity index (χ4v) is 5.92. The third-order valence-electron chi connectivity index (χ3n) is 7.91. The first-order valence-electron chi connectivity index (χ1n) is 12.8. The zero-order valence-corrected chi connectivity index (χ0v) is 19.5. The van der Waals surface area contributed by atoms with Crippen LogP contribution >= 0.6 is 0 Å². The number of benzene rings is 1. The van der Waals surface area contributed by atoms with Gasteiger partial charge in [-0.1, -0.05) is 70.4 Å². The molecule has 0 spiro atoms. The Balaban J connectivity index is 1.37. The van der Waals surface area contributed by atoms with Crippen molar-refractivity contribution in [1.82, 2.24) is 0 Å². The molecule has 0 radical (unpaired) electrons. The molecular weight excluding hydrogens is 416 g/mol. The van der Waals surface area contributed by atoms with E-state index in [4.69, 9.17) is 0 Å². The Bertz CT molecular complexity index is 644. The molecule has 0 amide bonds. The first-order chi connectivity index (χ1) is 15.4. The van der Waals surface area contributed by atoms with Crippen LogP contribution in [0.4, 0.5) is 17.6 Å². The summed E-state index contributed by atoms with van der Waals surface area (Å²) in [6.45, 7) is 2.27. The van der Waals surface area contributed by atoms with E-state index in [2.05, 4.69) is 11.7 Å². The van der Waals surface area contributed by atoms with Gasteiger partial charge in [0.15, 0.2) is 0 Å². The second-order valence-corrected chi connectivity index (χ2v) is 10.1. The molecule has 1 nitrogen and oxygen atoms in total. The molecule has 1 aromatic carbocycles. The van der Waals surface area contributed by atoms with Gasteiger partial charge in [0, 0.05) is 0 Å². The van der Waals surface area contributed by atoms with Crippen molar-refractivity contribution in [3.63, 3.8) is 0 Å². The van der Waals surface area contributed by atoms with Crippen molar-refractivity contribution in [2.24, 2.45) is 17.8 Å². The molecule has 2 fully saturated rings. The van der Waals surface area contributed by atoms with Crippen LogP contribution in [0.2, 0.25) is 0 Å². The lowest BCUT2D eigenvalue weighted by Gasteiger charge is -2.38. The van der Waals surface area contributed by atoms with Gasteiger partial charge >= 0.3 is 12.5 Å². The Morgan fingerprint density at radius 1 is 0.812 bits per heavy atom. The van der Waals surface area contributed by atoms with Crippen LogP contribution < -0.4 is 4.74 Å². The average Bonchev–Trinajstić information content (AvgIpc) is 2.80. The minimum absolute atomic E-state index is 0.213. The highest BCUT2D eigenvalue weighted by Gasteiger charge is 2.44. The molecule has 0 aromatic heterocycles. The van der Waals surface area contributed by atoms with E-state index in [0.29, 0.717) is 5.92 Å². The maximum Gasteiger partial charge on any atom is 0.461 e. The molecule has 2 saturated carbocycles. The summed E-state index contributed by atoms with van der Waals surface area (Å²) in [5.74, 6) is 2.86. The van der Waals surface area contributed by atoms with Crippen molar-refractivity contribution < 1.29 is 22.3 Å². The van der Waals surface area contributed by atoms with E-state index >= 15 is 0 Å². The highest BCUT2D eigenvalue weighted by atomic mass is 19.3. The first kappa shape index (κ1) is 25.4. The molecular formula is C27H40F4O. The van der Waals surface area contributed by atoms with E-state index in [1.165, 1.54) is 89.2 Å². The summed E-state index contributed by atoms with van der Waals surface area (Å²) in [6.07, 6.45) is 10.3. The van der Waals surface area contributed by atoms with Crippen molar-refractivity contribution in [2.75, 3.05) is 0 Å². The van der Waals surface area contributed by atoms with Gasteiger partial charge in [0.2, 0.25) is 0 Å². The molecule has 182 valence electrons. The number of alkyl halides is 4. The van der Waals surface area contributed by atoms with E-state index in [1.807, 2.05) is 0 Å². The van der Waals surface area contributed by atoms with Crippen LogP contribution in [0, 0.1) is 17.8 Å². The summed E-state index contributed by atoms with van der Waals surface area (Å²) in [6, 6.07) is 6.30. The van der Waals surface area contributed by atoms with Crippen LogP contribution in [0.5, 0.6) is 5.75 Å². The molecule has 0 saturated heterocycles. The monoisotopic (exact) mass is 456 g/mol. The Labute approximate surface area is 191 Å². The van der Waals surface area contributed by atoms with Crippen LogP contribution in [0.1, 0.15) is 108 Å². The molecule has 0 aliphatic heterocycles. The molecule has 0 N–H and O–H groups in total. The van der Waals surface area contributed by atoms with E-state index in [9.17, 15) is 17.6 Å². The van der Waals surface area contributed by atoms with Crippen molar-refractivity contribution in [1.29, 1.82) is 0 Å². The average molecular weight is 457 g/mol. The van der Waals surface area contributed by atoms with Gasteiger partial charge in [0.05, 0.1) is 0 Å². The number of halogens is 4. The maximum atomic E-state index is 13.1. The summed E-state index contributed by atoms with van der Waals surface area (Å²) in [7, 11) is 0. The van der Waals surface area contributed by atoms with Gasteiger partial charge in [0.25, 0.3) is 0 Å². The normalized spacial score (nSPS) is 26.9. The van der Waals surface area contributed by atoms with E-state index in [-0.39, 0.29) is 5.75 Å². The standard InChI is InChI=1S/C27H40F4O/c1-2-3-4-5-6-7-20-8-10-21(11-9-20)22-12-14-23(15-13-22)24-16-18-25(19-17-24)32-27(30,31)26(28)29/h16-23,26H,2-15H2,1H3/t20-,21-,22?,23?. The van der Waals surface area contributed by atoms with Gasteiger partial charge in [-0.2, -0.15) is 17.6 Å². The van der Waals surface area contributed by atoms with Gasteiger partial charge in [-0.25, -0.2) is 0 Å². The van der Waals surface area contributed by atoms with E-state index in [1.54, 1.807) is 12.1 Å². The minimum Gasteiger partial charge on any atom is -0.428 e. The summed E-state index contributed by atoms with van der Waals surface area (Å²) in [4.78, 5) is 0. The van der Waals surface area contributed by atoms with Crippen LogP contribution in [-0.2, 0) is 0 Å². The second kappa shape index (κ2) is 12.3. The number of rotatable bonds is 11. The molecule has 0 heterocycles. The number of hydrogen-bond donors (Lipinski definition) is 0. The molecule has 0 atom stereocenters. The zero-order valence-electron chi connectivity index (χ0n) is 19.5. The molecule has 32 heavy (non-hydrogen) atoms. The number of ether oxygens (including phenoxy) is 1. The Morgan fingerprint density at radius 2 is 1.38 bits per heavy atom. The lowest BCUT2D eigenvalue weighted by molar-refractivity contribution is -0.253. The summed E-state index contributed by atoms with van der Waals surface area (Å²) in [5, 5.41) is 0. The van der Waals surface area contributed by atoms with Gasteiger partial charge in [-0.05, 0) is 79.9 Å². The summed E-state index contributed by atoms with van der Waals surface area (Å²) in [5.41, 5.74) is 1.10. The lowest BCUT2D eigenvalue weighted by Crippen LogP contribution is -2.33. The fraction of sp³-hybridized carbons (Fsp3) is 0.778. The zero-order chi connectivity index (χ0) is 23.0. The predicted molar refractivity (Wildman–Crippen MR) is 122 cm³/mol. The minimum atomic E-state index is -4.45. The van der Waals surface area contributed by atoms with E-state index < -0.39 is 12.5 Å². The van der Waals surface area contributed by atoms with Crippen LogP contribution in [0.15, 0.2) is 24.3 Å². The van der Waals surface area contributed by atoms with Crippen molar-refractivity contribution in [2.45, 2.75) is 115 Å². The Kier molecular flexibility index (Phi) is 9.73. The topological polar surface area (TPSA) is 9.23 Å². The van der Waals surface area contributed by atoms with Crippen LogP contribution in [-0.4, -0.2) is 12.5 Å². The van der Waals surface area contributed by atoms with Crippen molar-refractivity contribution in [3.8, 4) is 5.75 Å². The summed E-state index contributed by atoms with van der Waals surface area (Å²) < 4.78 is 54.9. The highest BCUT2D eigenvalue weighted by molar-refractivity contribution is 5.30. The van der Waals surface area contributed by atoms with Crippen molar-refractivity contribution >= 4 is 0 Å². The molecule has 5 heteroatoms. The number of unbranched alkanes of at least 4 members (excludes halogenated alkanes) is 4. The molecule has 3 rings (SSSR count). The number of hydrogen-bond acceptors (Lipinski definition) is 1. The van der Waals surface area contributed by atoms with E-state index in [0.717, 1.165) is 36.2 Å². The third-order valence-corrected chi connectivity index (χ3v) is 7.91. The Hall–Kier alpha value is -1.26. The van der Waals surface area contributed by atoms with Gasteiger partial charge < -0.3 is 4.74 Å². The Morgan fingerprint density at radius 3 is 1.94 bits per heavy atom. The van der Waals surface area contributed by atoms with Crippen molar-refractivity contribution in [3.05, 3.63) is 29.8 Å². The van der Waals surface area contributed by atoms with Gasteiger partial charge in [0.1, 0.15) is 5.75 Å². The SMILES string of the molecule is CCCCCCC[C@H]1CC[C@H](C2CCC(c3ccc(OC(F)(F)C(F)F)cc3)CC2)CC1. The molecule has 0 bridgehead atoms. The fourth-order valence-electron chi connectivity index (χ4n) is 5.92. The highest BCUT2D eigenvalue weighted by Crippen LogP contribution is 2.44.